The lowest BCUT2D eigenvalue weighted by atomic mass is 10.1. The fraction of sp³-hybridized carbons (Fsp3) is 0.167. The topological polar surface area (TPSA) is 89.5 Å². The van der Waals surface area contributed by atoms with Crippen LogP contribution in [0.2, 0.25) is 5.02 Å². The first kappa shape index (κ1) is 26.7. The highest BCUT2D eigenvalue weighted by Crippen LogP contribution is 2.24. The van der Waals surface area contributed by atoms with E-state index < -0.39 is 0 Å². The van der Waals surface area contributed by atoms with Crippen LogP contribution in [0.5, 0.6) is 11.5 Å². The Bertz CT molecular complexity index is 1420. The lowest BCUT2D eigenvalue weighted by molar-refractivity contribution is -0.123. The fourth-order valence-corrected chi connectivity index (χ4v) is 3.88. The molecule has 0 fully saturated rings. The number of methoxy groups -OCH3 is 1. The Morgan fingerprint density at radius 3 is 2.47 bits per heavy atom. The van der Waals surface area contributed by atoms with E-state index in [1.807, 2.05) is 48.5 Å². The molecule has 0 aliphatic rings. The van der Waals surface area contributed by atoms with E-state index in [9.17, 15) is 9.59 Å². The highest BCUT2D eigenvalue weighted by Gasteiger charge is 2.06. The average molecular weight is 530 g/mol. The van der Waals surface area contributed by atoms with Crippen LogP contribution < -0.4 is 20.1 Å². The van der Waals surface area contributed by atoms with Gasteiger partial charge in [-0.25, -0.2) is 0 Å². The molecule has 1 aromatic heterocycles. The molecule has 0 aliphatic heterocycles. The van der Waals surface area contributed by atoms with E-state index >= 15 is 0 Å². The maximum atomic E-state index is 12.4. The fourth-order valence-electron chi connectivity index (χ4n) is 3.71. The number of hydrogen-bond acceptors (Lipinski definition) is 6. The van der Waals surface area contributed by atoms with Crippen LogP contribution in [0.4, 0.5) is 5.69 Å². The third-order valence-corrected chi connectivity index (χ3v) is 5.98. The average Bonchev–Trinajstić information content (AvgIpc) is 2.95. The number of ketones is 1. The van der Waals surface area contributed by atoms with E-state index in [1.54, 1.807) is 43.6 Å². The van der Waals surface area contributed by atoms with Crippen LogP contribution in [0.15, 0.2) is 85.1 Å². The summed E-state index contributed by atoms with van der Waals surface area (Å²) in [6.45, 7) is 1.09. The Labute approximate surface area is 226 Å². The molecule has 194 valence electrons. The molecular formula is C30H28ClN3O4. The molecule has 1 heterocycles. The van der Waals surface area contributed by atoms with Crippen LogP contribution in [0.1, 0.15) is 22.3 Å². The van der Waals surface area contributed by atoms with Crippen molar-refractivity contribution in [3.8, 4) is 11.5 Å². The SMILES string of the molecule is COc1ccc(/C=C/C(=O)c2ccc(OCC(=O)NCCCNc3ccnc4cc(Cl)ccc34)cc2)cc1. The molecule has 7 nitrogen and oxygen atoms in total. The molecule has 0 aliphatic carbocycles. The number of nitrogens with zero attached hydrogens (tertiary/aromatic N) is 1. The molecule has 2 N–H and O–H groups in total. The minimum atomic E-state index is -0.211. The predicted octanol–water partition coefficient (Wildman–Crippen LogP) is 5.79. The number of anilines is 1. The molecule has 4 aromatic rings. The van der Waals surface area contributed by atoms with E-state index in [2.05, 4.69) is 15.6 Å². The van der Waals surface area contributed by atoms with Gasteiger partial charge in [0.05, 0.1) is 12.6 Å². The van der Waals surface area contributed by atoms with Crippen LogP contribution >= 0.6 is 11.6 Å². The van der Waals surface area contributed by atoms with E-state index in [-0.39, 0.29) is 18.3 Å². The van der Waals surface area contributed by atoms with Crippen LogP contribution in [0, 0.1) is 0 Å². The van der Waals surface area contributed by atoms with Gasteiger partial charge in [0, 0.05) is 40.9 Å². The summed E-state index contributed by atoms with van der Waals surface area (Å²) in [6.07, 6.45) is 5.75. The number of nitrogens with one attached hydrogen (secondary N) is 2. The second-order valence-electron chi connectivity index (χ2n) is 8.43. The quantitative estimate of drug-likeness (QED) is 0.137. The van der Waals surface area contributed by atoms with Crippen molar-refractivity contribution in [3.05, 3.63) is 101 Å². The maximum absolute atomic E-state index is 12.4. The van der Waals surface area contributed by atoms with Crippen LogP contribution in [0.25, 0.3) is 17.0 Å². The van der Waals surface area contributed by atoms with Gasteiger partial charge in [0.1, 0.15) is 11.5 Å². The lowest BCUT2D eigenvalue weighted by Crippen LogP contribution is -2.30. The van der Waals surface area contributed by atoms with Crippen LogP contribution in [-0.2, 0) is 4.79 Å². The van der Waals surface area contributed by atoms with E-state index in [4.69, 9.17) is 21.1 Å². The number of hydrogen-bond donors (Lipinski definition) is 2. The van der Waals surface area contributed by atoms with Gasteiger partial charge in [-0.1, -0.05) is 29.8 Å². The molecule has 0 saturated carbocycles. The third-order valence-electron chi connectivity index (χ3n) is 5.75. The Balaban J connectivity index is 1.15. The Morgan fingerprint density at radius 2 is 1.71 bits per heavy atom. The number of aromatic nitrogens is 1. The first-order valence-electron chi connectivity index (χ1n) is 12.2. The number of carbonyl (C=O) groups is 2. The van der Waals surface area contributed by atoms with Gasteiger partial charge in [0.15, 0.2) is 12.4 Å². The lowest BCUT2D eigenvalue weighted by Gasteiger charge is -2.10. The number of halogens is 1. The van der Waals surface area contributed by atoms with Gasteiger partial charge in [0.2, 0.25) is 0 Å². The molecule has 8 heteroatoms. The number of pyridine rings is 1. The molecule has 0 radical (unpaired) electrons. The Kier molecular flexibility index (Phi) is 9.32. The molecular weight excluding hydrogens is 502 g/mol. The minimum Gasteiger partial charge on any atom is -0.497 e. The Morgan fingerprint density at radius 1 is 0.947 bits per heavy atom. The zero-order valence-corrected chi connectivity index (χ0v) is 21.7. The van der Waals surface area contributed by atoms with Gasteiger partial charge in [-0.2, -0.15) is 0 Å². The zero-order chi connectivity index (χ0) is 26.7. The number of fused-ring (bicyclic) bond motifs is 1. The summed E-state index contributed by atoms with van der Waals surface area (Å²) in [6, 6.07) is 21.7. The molecule has 0 atom stereocenters. The molecule has 4 rings (SSSR count). The van der Waals surface area contributed by atoms with Crippen LogP contribution in [0.3, 0.4) is 0 Å². The predicted molar refractivity (Wildman–Crippen MR) is 151 cm³/mol. The van der Waals surface area contributed by atoms with E-state index in [1.165, 1.54) is 6.08 Å². The number of rotatable bonds is 12. The number of allylic oxidation sites excluding steroid dienone is 1. The number of amides is 1. The van der Waals surface area contributed by atoms with Crippen molar-refractivity contribution in [2.75, 3.05) is 32.1 Å². The summed E-state index contributed by atoms with van der Waals surface area (Å²) >= 11 is 6.04. The largest absolute Gasteiger partial charge is 0.497 e. The van der Waals surface area contributed by atoms with E-state index in [0.717, 1.165) is 34.3 Å². The molecule has 38 heavy (non-hydrogen) atoms. The monoisotopic (exact) mass is 529 g/mol. The molecule has 0 unspecified atom stereocenters. The third kappa shape index (κ3) is 7.57. The normalized spacial score (nSPS) is 10.9. The van der Waals surface area contributed by atoms with Crippen molar-refractivity contribution in [1.82, 2.24) is 10.3 Å². The highest BCUT2D eigenvalue weighted by molar-refractivity contribution is 6.31. The maximum Gasteiger partial charge on any atom is 0.257 e. The number of benzene rings is 3. The first-order valence-corrected chi connectivity index (χ1v) is 12.5. The zero-order valence-electron chi connectivity index (χ0n) is 20.9. The Hall–Kier alpha value is -4.36. The molecule has 3 aromatic carbocycles. The summed E-state index contributed by atoms with van der Waals surface area (Å²) in [5.74, 6) is 0.942. The van der Waals surface area contributed by atoms with Crippen molar-refractivity contribution in [3.63, 3.8) is 0 Å². The van der Waals surface area contributed by atoms with Crippen molar-refractivity contribution < 1.29 is 19.1 Å². The highest BCUT2D eigenvalue weighted by atomic mass is 35.5. The van der Waals surface area contributed by atoms with Gasteiger partial charge < -0.3 is 20.1 Å². The minimum absolute atomic E-state index is 0.103. The number of ether oxygens (including phenoxy) is 2. The first-order chi connectivity index (χ1) is 18.5. The second-order valence-corrected chi connectivity index (χ2v) is 8.87. The van der Waals surface area contributed by atoms with Crippen molar-refractivity contribution >= 4 is 46.0 Å². The van der Waals surface area contributed by atoms with Gasteiger partial charge >= 0.3 is 0 Å². The molecule has 1 amide bonds. The summed E-state index contributed by atoms with van der Waals surface area (Å²) in [7, 11) is 1.61. The van der Waals surface area contributed by atoms with Gasteiger partial charge in [-0.05, 0) is 78.7 Å². The molecule has 0 saturated heterocycles. The summed E-state index contributed by atoms with van der Waals surface area (Å²) in [5.41, 5.74) is 3.23. The van der Waals surface area contributed by atoms with Crippen molar-refractivity contribution in [2.24, 2.45) is 0 Å². The molecule has 0 spiro atoms. The second kappa shape index (κ2) is 13.3. The van der Waals surface area contributed by atoms with Gasteiger partial charge in [-0.15, -0.1) is 0 Å². The van der Waals surface area contributed by atoms with Crippen molar-refractivity contribution in [1.29, 1.82) is 0 Å². The summed E-state index contributed by atoms with van der Waals surface area (Å²) in [5, 5.41) is 7.86. The van der Waals surface area contributed by atoms with Gasteiger partial charge in [-0.3, -0.25) is 14.6 Å². The summed E-state index contributed by atoms with van der Waals surface area (Å²) in [4.78, 5) is 28.9. The van der Waals surface area contributed by atoms with Crippen molar-refractivity contribution in [2.45, 2.75) is 6.42 Å². The summed E-state index contributed by atoms with van der Waals surface area (Å²) < 4.78 is 10.7. The smallest absolute Gasteiger partial charge is 0.257 e. The van der Waals surface area contributed by atoms with Crippen LogP contribution in [-0.4, -0.2) is 43.5 Å². The van der Waals surface area contributed by atoms with Gasteiger partial charge in [0.25, 0.3) is 5.91 Å². The number of carbonyl (C=O) groups excluding carboxylic acids is 2. The van der Waals surface area contributed by atoms with E-state index in [0.29, 0.717) is 29.4 Å². The standard InChI is InChI=1S/C30H28ClN3O4/c1-37-24-9-3-21(4-10-24)5-14-29(35)22-6-11-25(12-7-22)38-20-30(36)34-17-2-16-32-27-15-18-33-28-19-23(31)8-13-26(27)28/h3-15,18-19H,2,16-17,20H2,1H3,(H,32,33)(H,34,36)/b14-5+. The molecule has 0 bridgehead atoms.